The average molecular weight is 355 g/mol. The SMILES string of the molecule is CN(C)CCCOc1cc(CO)c(O)c2c1C(=O)c1ccccc1C2=O. The second-order valence-corrected chi connectivity index (χ2v) is 6.50. The number of hydrogen-bond acceptors (Lipinski definition) is 6. The second-order valence-electron chi connectivity index (χ2n) is 6.50. The number of hydrogen-bond donors (Lipinski definition) is 2. The normalized spacial score (nSPS) is 12.9. The first-order valence-electron chi connectivity index (χ1n) is 8.41. The maximum Gasteiger partial charge on any atom is 0.198 e. The molecule has 2 N–H and O–H groups in total. The lowest BCUT2D eigenvalue weighted by Gasteiger charge is -2.22. The Labute approximate surface area is 151 Å². The molecule has 0 bridgehead atoms. The van der Waals surface area contributed by atoms with Gasteiger partial charge in [-0.3, -0.25) is 9.59 Å². The standard InChI is InChI=1S/C20H21NO5/c1-21(2)8-5-9-26-15-10-12(11-22)18(23)17-16(15)19(24)13-6-3-4-7-14(13)20(17)25/h3-4,6-7,10,22-23H,5,8-9,11H2,1-2H3. The summed E-state index contributed by atoms with van der Waals surface area (Å²) in [5.41, 5.74) is 0.663. The van der Waals surface area contributed by atoms with Crippen molar-refractivity contribution in [3.63, 3.8) is 0 Å². The van der Waals surface area contributed by atoms with Crippen LogP contribution in [-0.4, -0.2) is 53.9 Å². The fraction of sp³-hybridized carbons (Fsp3) is 0.300. The van der Waals surface area contributed by atoms with Crippen molar-refractivity contribution in [2.24, 2.45) is 0 Å². The zero-order valence-electron chi connectivity index (χ0n) is 14.8. The summed E-state index contributed by atoms with van der Waals surface area (Å²) in [4.78, 5) is 27.8. The first-order valence-corrected chi connectivity index (χ1v) is 8.41. The molecule has 0 saturated heterocycles. The number of phenols is 1. The molecule has 0 spiro atoms. The van der Waals surface area contributed by atoms with Gasteiger partial charge in [-0.25, -0.2) is 0 Å². The largest absolute Gasteiger partial charge is 0.507 e. The maximum atomic E-state index is 13.0. The van der Waals surface area contributed by atoms with Gasteiger partial charge in [-0.1, -0.05) is 24.3 Å². The summed E-state index contributed by atoms with van der Waals surface area (Å²) in [5, 5.41) is 19.9. The number of benzene rings is 2. The highest BCUT2D eigenvalue weighted by molar-refractivity contribution is 6.30. The molecule has 2 aromatic carbocycles. The van der Waals surface area contributed by atoms with Gasteiger partial charge < -0.3 is 19.8 Å². The fourth-order valence-electron chi connectivity index (χ4n) is 3.09. The van der Waals surface area contributed by atoms with E-state index >= 15 is 0 Å². The highest BCUT2D eigenvalue weighted by Crippen LogP contribution is 2.40. The Kier molecular flexibility index (Phi) is 5.06. The van der Waals surface area contributed by atoms with Crippen molar-refractivity contribution in [1.82, 2.24) is 4.90 Å². The van der Waals surface area contributed by atoms with Gasteiger partial charge in [-0.2, -0.15) is 0 Å². The number of aliphatic hydroxyl groups is 1. The zero-order valence-corrected chi connectivity index (χ0v) is 14.8. The Morgan fingerprint density at radius 3 is 2.23 bits per heavy atom. The van der Waals surface area contributed by atoms with Crippen LogP contribution in [0, 0.1) is 0 Å². The van der Waals surface area contributed by atoms with E-state index in [-0.39, 0.29) is 39.5 Å². The Morgan fingerprint density at radius 1 is 1.04 bits per heavy atom. The van der Waals surface area contributed by atoms with Gasteiger partial charge in [0.05, 0.1) is 24.3 Å². The lowest BCUT2D eigenvalue weighted by Crippen LogP contribution is -2.23. The molecular formula is C20H21NO5. The van der Waals surface area contributed by atoms with Gasteiger partial charge in [0.2, 0.25) is 0 Å². The first-order chi connectivity index (χ1) is 12.5. The third-order valence-electron chi connectivity index (χ3n) is 4.39. The van der Waals surface area contributed by atoms with Crippen LogP contribution in [0.4, 0.5) is 0 Å². The molecule has 0 aromatic heterocycles. The summed E-state index contributed by atoms with van der Waals surface area (Å²) < 4.78 is 5.76. The van der Waals surface area contributed by atoms with E-state index in [0.717, 1.165) is 13.0 Å². The summed E-state index contributed by atoms with van der Waals surface area (Å²) in [6, 6.07) is 7.94. The molecule has 0 saturated carbocycles. The highest BCUT2D eigenvalue weighted by Gasteiger charge is 2.35. The topological polar surface area (TPSA) is 87.1 Å². The fourth-order valence-corrected chi connectivity index (χ4v) is 3.09. The number of rotatable bonds is 6. The summed E-state index contributed by atoms with van der Waals surface area (Å²) in [7, 11) is 3.90. The van der Waals surface area contributed by atoms with E-state index in [1.165, 1.54) is 6.07 Å². The molecular weight excluding hydrogens is 334 g/mol. The van der Waals surface area contributed by atoms with Crippen LogP contribution in [-0.2, 0) is 6.61 Å². The van der Waals surface area contributed by atoms with E-state index in [1.54, 1.807) is 24.3 Å². The Morgan fingerprint density at radius 2 is 1.65 bits per heavy atom. The second kappa shape index (κ2) is 7.27. The van der Waals surface area contributed by atoms with Gasteiger partial charge in [-0.05, 0) is 26.6 Å². The number of aliphatic hydroxyl groups excluding tert-OH is 1. The number of ether oxygens (including phenoxy) is 1. The van der Waals surface area contributed by atoms with E-state index in [2.05, 4.69) is 0 Å². The summed E-state index contributed by atoms with van der Waals surface area (Å²) >= 11 is 0. The van der Waals surface area contributed by atoms with Gasteiger partial charge in [0.15, 0.2) is 11.6 Å². The van der Waals surface area contributed by atoms with Gasteiger partial charge >= 0.3 is 0 Å². The quantitative estimate of drug-likeness (QED) is 0.658. The predicted octanol–water partition coefficient (Wildman–Crippen LogP) is 1.99. The molecule has 3 rings (SSSR count). The summed E-state index contributed by atoms with van der Waals surface area (Å²) in [6.07, 6.45) is 0.732. The number of carbonyl (C=O) groups is 2. The lowest BCUT2D eigenvalue weighted by atomic mass is 9.82. The number of aromatic hydroxyl groups is 1. The van der Waals surface area contributed by atoms with Crippen molar-refractivity contribution in [3.8, 4) is 11.5 Å². The van der Waals surface area contributed by atoms with Crippen molar-refractivity contribution in [2.75, 3.05) is 27.2 Å². The van der Waals surface area contributed by atoms with Crippen LogP contribution in [0.3, 0.4) is 0 Å². The number of fused-ring (bicyclic) bond motifs is 2. The van der Waals surface area contributed by atoms with E-state index in [1.807, 2.05) is 19.0 Å². The van der Waals surface area contributed by atoms with Crippen LogP contribution in [0.25, 0.3) is 0 Å². The predicted molar refractivity (Wildman–Crippen MR) is 96.0 cm³/mol. The van der Waals surface area contributed by atoms with Gasteiger partial charge in [0.25, 0.3) is 0 Å². The molecule has 6 heteroatoms. The smallest absolute Gasteiger partial charge is 0.198 e. The minimum Gasteiger partial charge on any atom is -0.507 e. The number of carbonyl (C=O) groups excluding carboxylic acids is 2. The van der Waals surface area contributed by atoms with Crippen molar-refractivity contribution in [2.45, 2.75) is 13.0 Å². The van der Waals surface area contributed by atoms with E-state index < -0.39 is 12.4 Å². The molecule has 0 atom stereocenters. The first kappa shape index (κ1) is 18.1. The molecule has 0 amide bonds. The van der Waals surface area contributed by atoms with Crippen molar-refractivity contribution in [3.05, 3.63) is 58.1 Å². The Bertz CT molecular complexity index is 873. The maximum absolute atomic E-state index is 13.0. The molecule has 136 valence electrons. The minimum absolute atomic E-state index is 0.0632. The number of nitrogens with zero attached hydrogens (tertiary/aromatic N) is 1. The monoisotopic (exact) mass is 355 g/mol. The molecule has 0 heterocycles. The van der Waals surface area contributed by atoms with Gasteiger partial charge in [0.1, 0.15) is 11.5 Å². The van der Waals surface area contributed by atoms with Crippen molar-refractivity contribution < 1.29 is 24.5 Å². The summed E-state index contributed by atoms with van der Waals surface area (Å²) in [5.74, 6) is -0.955. The van der Waals surface area contributed by atoms with Crippen LogP contribution >= 0.6 is 0 Å². The third-order valence-corrected chi connectivity index (χ3v) is 4.39. The molecule has 0 radical (unpaired) electrons. The van der Waals surface area contributed by atoms with Crippen molar-refractivity contribution in [1.29, 1.82) is 0 Å². The number of ketones is 2. The van der Waals surface area contributed by atoms with Crippen LogP contribution in [0.5, 0.6) is 11.5 Å². The van der Waals surface area contributed by atoms with Gasteiger partial charge in [-0.15, -0.1) is 0 Å². The molecule has 6 nitrogen and oxygen atoms in total. The Balaban J connectivity index is 2.07. The van der Waals surface area contributed by atoms with Crippen LogP contribution in [0.2, 0.25) is 0 Å². The Hall–Kier alpha value is -2.70. The molecule has 1 aliphatic carbocycles. The lowest BCUT2D eigenvalue weighted by molar-refractivity contribution is 0.0972. The average Bonchev–Trinajstić information content (AvgIpc) is 2.63. The zero-order chi connectivity index (χ0) is 18.8. The minimum atomic E-state index is -0.462. The van der Waals surface area contributed by atoms with E-state index in [0.29, 0.717) is 12.2 Å². The van der Waals surface area contributed by atoms with Crippen molar-refractivity contribution >= 4 is 11.6 Å². The van der Waals surface area contributed by atoms with Crippen LogP contribution < -0.4 is 4.74 Å². The van der Waals surface area contributed by atoms with Gasteiger partial charge in [0, 0.05) is 23.2 Å². The highest BCUT2D eigenvalue weighted by atomic mass is 16.5. The molecule has 0 fully saturated rings. The third kappa shape index (κ3) is 3.09. The van der Waals surface area contributed by atoms with E-state index in [9.17, 15) is 19.8 Å². The molecule has 0 aliphatic heterocycles. The molecule has 0 unspecified atom stereocenters. The van der Waals surface area contributed by atoms with Crippen LogP contribution in [0.15, 0.2) is 30.3 Å². The molecule has 1 aliphatic rings. The molecule has 2 aromatic rings. The van der Waals surface area contributed by atoms with Crippen LogP contribution in [0.1, 0.15) is 43.8 Å². The van der Waals surface area contributed by atoms with E-state index in [4.69, 9.17) is 4.74 Å². The molecule has 26 heavy (non-hydrogen) atoms. The summed E-state index contributed by atoms with van der Waals surface area (Å²) in [6.45, 7) is 0.697.